The number of hydrogen-bond donors (Lipinski definition) is 0. The zero-order chi connectivity index (χ0) is 17.4. The fourth-order valence-corrected chi connectivity index (χ4v) is 3.75. The molecule has 0 aliphatic carbocycles. The normalized spacial score (nSPS) is 27.4. The van der Waals surface area contributed by atoms with E-state index in [-0.39, 0.29) is 0 Å². The third-order valence-corrected chi connectivity index (χ3v) is 5.46. The Labute approximate surface area is 149 Å². The molecule has 3 heterocycles. The number of rotatable bonds is 9. The first-order valence-electron chi connectivity index (χ1n) is 9.83. The van der Waals surface area contributed by atoms with Crippen LogP contribution in [0, 0.1) is 5.92 Å². The molecular weight excluding hydrogens is 294 g/mol. The Morgan fingerprint density at radius 3 is 2.12 bits per heavy atom. The van der Waals surface area contributed by atoms with Crippen molar-refractivity contribution in [2.75, 3.05) is 26.2 Å². The average molecular weight is 332 g/mol. The molecule has 0 aromatic heterocycles. The van der Waals surface area contributed by atoms with Crippen molar-refractivity contribution in [1.82, 2.24) is 4.90 Å². The van der Waals surface area contributed by atoms with E-state index in [1.807, 2.05) is 0 Å². The van der Waals surface area contributed by atoms with Gasteiger partial charge in [0.2, 0.25) is 0 Å². The molecule has 0 N–H and O–H groups in total. The molecule has 2 nitrogen and oxygen atoms in total. The van der Waals surface area contributed by atoms with Crippen molar-refractivity contribution in [2.24, 2.45) is 5.92 Å². The van der Waals surface area contributed by atoms with E-state index in [2.05, 4.69) is 50.8 Å². The summed E-state index contributed by atoms with van der Waals surface area (Å²) < 4.78 is 6.15. The van der Waals surface area contributed by atoms with Gasteiger partial charge in [-0.15, -0.1) is 0 Å². The van der Waals surface area contributed by atoms with Crippen LogP contribution >= 0.6 is 0 Å². The molecule has 136 valence electrons. The monoisotopic (exact) mass is 331 g/mol. The van der Waals surface area contributed by atoms with E-state index in [1.54, 1.807) is 0 Å². The van der Waals surface area contributed by atoms with E-state index in [9.17, 15) is 0 Å². The van der Waals surface area contributed by atoms with Crippen LogP contribution in [0.1, 0.15) is 66.2 Å². The summed E-state index contributed by atoms with van der Waals surface area (Å²) in [5, 5.41) is 0. The summed E-state index contributed by atoms with van der Waals surface area (Å²) >= 11 is 0. The van der Waals surface area contributed by atoms with Crippen molar-refractivity contribution in [1.29, 1.82) is 0 Å². The maximum Gasteiger partial charge on any atom is 0.0735 e. The Morgan fingerprint density at radius 2 is 1.54 bits per heavy atom. The average Bonchev–Trinajstić information content (AvgIpc) is 2.55. The lowest BCUT2D eigenvalue weighted by molar-refractivity contribution is -0.0605. The molecule has 3 aliphatic rings. The summed E-state index contributed by atoms with van der Waals surface area (Å²) in [6.07, 6.45) is 14.9. The lowest BCUT2D eigenvalue weighted by atomic mass is 9.86. The summed E-state index contributed by atoms with van der Waals surface area (Å²) in [5.74, 6) is 0.815. The van der Waals surface area contributed by atoms with Crippen LogP contribution in [0.25, 0.3) is 0 Å². The molecule has 3 fully saturated rings. The number of hydrogen-bond acceptors (Lipinski definition) is 2. The predicted octanol–water partition coefficient (Wildman–Crippen LogP) is 5.52. The van der Waals surface area contributed by atoms with Gasteiger partial charge >= 0.3 is 0 Å². The number of piperidine rings is 3. The molecule has 0 aromatic carbocycles. The Morgan fingerprint density at radius 1 is 0.917 bits per heavy atom. The highest BCUT2D eigenvalue weighted by Gasteiger charge is 2.34. The largest absolute Gasteiger partial charge is 0.373 e. The van der Waals surface area contributed by atoms with E-state index >= 15 is 0 Å². The molecule has 3 rings (SSSR count). The van der Waals surface area contributed by atoms with Gasteiger partial charge in [0, 0.05) is 6.54 Å². The van der Waals surface area contributed by atoms with Crippen molar-refractivity contribution >= 4 is 0 Å². The first-order valence-corrected chi connectivity index (χ1v) is 9.83. The molecular formula is C22H37NO. The van der Waals surface area contributed by atoms with Gasteiger partial charge in [-0.2, -0.15) is 0 Å². The molecule has 0 unspecified atom stereocenters. The smallest absolute Gasteiger partial charge is 0.0735 e. The minimum absolute atomic E-state index is 0.480. The molecule has 3 aliphatic heterocycles. The quantitative estimate of drug-likeness (QED) is 0.516. The van der Waals surface area contributed by atoms with Gasteiger partial charge in [-0.1, -0.05) is 34.9 Å². The molecule has 24 heavy (non-hydrogen) atoms. The third-order valence-electron chi connectivity index (χ3n) is 5.46. The first-order chi connectivity index (χ1) is 11.5. The van der Waals surface area contributed by atoms with E-state index in [0.29, 0.717) is 6.10 Å². The lowest BCUT2D eigenvalue weighted by Crippen LogP contribution is -2.51. The Balaban J connectivity index is 1.60. The van der Waals surface area contributed by atoms with Gasteiger partial charge in [0.05, 0.1) is 12.7 Å². The minimum atomic E-state index is 0.480. The Kier molecular flexibility index (Phi) is 8.28. The summed E-state index contributed by atoms with van der Waals surface area (Å²) in [5.41, 5.74) is 4.40. The molecule has 1 atom stereocenters. The van der Waals surface area contributed by atoms with Crippen molar-refractivity contribution in [2.45, 2.75) is 72.3 Å². The number of fused-ring (bicyclic) bond motifs is 3. The fraction of sp³-hybridized carbons (Fsp3) is 0.727. The van der Waals surface area contributed by atoms with Crippen LogP contribution in [-0.4, -0.2) is 37.2 Å². The van der Waals surface area contributed by atoms with Gasteiger partial charge in [0.15, 0.2) is 0 Å². The molecule has 0 spiro atoms. The van der Waals surface area contributed by atoms with E-state index in [1.165, 1.54) is 55.5 Å². The van der Waals surface area contributed by atoms with Crippen molar-refractivity contribution in [3.05, 3.63) is 34.9 Å². The SMILES string of the molecule is CC(C)=CCC/C(C)=C/CC/C(C)=C/CO[C@H]1CN2CCC1CC2. The number of nitrogens with zero attached hydrogens (tertiary/aromatic N) is 1. The number of ether oxygens (including phenoxy) is 1. The van der Waals surface area contributed by atoms with Crippen molar-refractivity contribution in [3.63, 3.8) is 0 Å². The second-order valence-electron chi connectivity index (χ2n) is 7.97. The van der Waals surface area contributed by atoms with Crippen LogP contribution in [0.2, 0.25) is 0 Å². The lowest BCUT2D eigenvalue weighted by Gasteiger charge is -2.44. The van der Waals surface area contributed by atoms with Gasteiger partial charge < -0.3 is 9.64 Å². The van der Waals surface area contributed by atoms with Crippen LogP contribution in [0.15, 0.2) is 34.9 Å². The predicted molar refractivity (Wildman–Crippen MR) is 104 cm³/mol. The van der Waals surface area contributed by atoms with Gasteiger partial charge in [-0.05, 0) is 85.2 Å². The van der Waals surface area contributed by atoms with E-state index in [4.69, 9.17) is 4.74 Å². The first kappa shape index (κ1) is 19.5. The fourth-order valence-electron chi connectivity index (χ4n) is 3.75. The van der Waals surface area contributed by atoms with Crippen LogP contribution < -0.4 is 0 Å². The molecule has 0 radical (unpaired) electrons. The maximum absolute atomic E-state index is 6.15. The second-order valence-corrected chi connectivity index (χ2v) is 7.97. The molecule has 3 saturated heterocycles. The summed E-state index contributed by atoms with van der Waals surface area (Å²) in [4.78, 5) is 2.56. The maximum atomic E-state index is 6.15. The van der Waals surface area contributed by atoms with Crippen LogP contribution in [0.4, 0.5) is 0 Å². The summed E-state index contributed by atoms with van der Waals surface area (Å²) in [6.45, 7) is 13.4. The van der Waals surface area contributed by atoms with Gasteiger partial charge in [0.25, 0.3) is 0 Å². The molecule has 2 heteroatoms. The molecule has 0 aromatic rings. The van der Waals surface area contributed by atoms with Gasteiger partial charge in [-0.3, -0.25) is 0 Å². The van der Waals surface area contributed by atoms with E-state index in [0.717, 1.165) is 31.9 Å². The zero-order valence-corrected chi connectivity index (χ0v) is 16.3. The van der Waals surface area contributed by atoms with Crippen molar-refractivity contribution in [3.8, 4) is 0 Å². The second kappa shape index (κ2) is 10.2. The number of allylic oxidation sites excluding steroid dienone is 5. The standard InChI is InChI=1S/C22H37NO/c1-18(2)7-5-8-19(3)9-6-10-20(4)13-16-24-22-17-23-14-11-21(22)12-15-23/h7,9,13,21-22H,5-6,8,10-12,14-17H2,1-4H3/b19-9+,20-13+/t22-/m0/s1. The van der Waals surface area contributed by atoms with Crippen molar-refractivity contribution < 1.29 is 4.74 Å². The summed E-state index contributed by atoms with van der Waals surface area (Å²) in [7, 11) is 0. The molecule has 0 amide bonds. The highest BCUT2D eigenvalue weighted by atomic mass is 16.5. The topological polar surface area (TPSA) is 12.5 Å². The van der Waals surface area contributed by atoms with Crippen LogP contribution in [0.3, 0.4) is 0 Å². The Bertz CT molecular complexity index is 462. The minimum Gasteiger partial charge on any atom is -0.373 e. The molecule has 0 saturated carbocycles. The van der Waals surface area contributed by atoms with E-state index < -0.39 is 0 Å². The van der Waals surface area contributed by atoms with Crippen LogP contribution in [0.5, 0.6) is 0 Å². The van der Waals surface area contributed by atoms with Gasteiger partial charge in [0.1, 0.15) is 0 Å². The molecule has 2 bridgehead atoms. The van der Waals surface area contributed by atoms with Crippen LogP contribution in [-0.2, 0) is 4.74 Å². The zero-order valence-electron chi connectivity index (χ0n) is 16.3. The van der Waals surface area contributed by atoms with Gasteiger partial charge in [-0.25, -0.2) is 0 Å². The Hall–Kier alpha value is -0.860. The highest BCUT2D eigenvalue weighted by molar-refractivity contribution is 5.05. The summed E-state index contributed by atoms with van der Waals surface area (Å²) in [6, 6.07) is 0. The highest BCUT2D eigenvalue weighted by Crippen LogP contribution is 2.29. The third kappa shape index (κ3) is 6.94.